The number of hydrogen-bond donors (Lipinski definition) is 0. The molecule has 0 amide bonds. The standard InChI is InChI=1S/C34H36F2O4/c1-34(2)14-6-9-30(34)28-16-23(32(36)18-27(28)29-17-24(38-3)12-13-31(29)35)20-40-25-8-5-7-22(15-25)26(21-10-11-21)19-33(37)39-4/h5,7-9,12-13,15-18,21,26H,6,10-11,14,19-20H2,1-4H3/t26-/m0/s1. The normalized spacial score (nSPS) is 16.8. The molecular formula is C34H36F2O4. The second kappa shape index (κ2) is 11.4. The lowest BCUT2D eigenvalue weighted by Gasteiger charge is -2.26. The number of hydrogen-bond acceptors (Lipinski definition) is 4. The molecule has 0 unspecified atom stereocenters. The molecule has 0 spiro atoms. The molecule has 1 fully saturated rings. The topological polar surface area (TPSA) is 44.8 Å². The Hall–Kier alpha value is -3.67. The highest BCUT2D eigenvalue weighted by Gasteiger charge is 2.34. The predicted molar refractivity (Wildman–Crippen MR) is 152 cm³/mol. The van der Waals surface area contributed by atoms with Crippen molar-refractivity contribution in [1.82, 2.24) is 0 Å². The lowest BCUT2D eigenvalue weighted by molar-refractivity contribution is -0.141. The fourth-order valence-electron chi connectivity index (χ4n) is 5.79. The summed E-state index contributed by atoms with van der Waals surface area (Å²) < 4.78 is 47.0. The van der Waals surface area contributed by atoms with Gasteiger partial charge in [0.25, 0.3) is 0 Å². The Morgan fingerprint density at radius 2 is 1.75 bits per heavy atom. The van der Waals surface area contributed by atoms with Crippen molar-refractivity contribution in [2.24, 2.45) is 11.3 Å². The number of rotatable bonds is 10. The molecule has 4 nitrogen and oxygen atoms in total. The van der Waals surface area contributed by atoms with Gasteiger partial charge in [0.1, 0.15) is 29.7 Å². The molecule has 0 bridgehead atoms. The van der Waals surface area contributed by atoms with Crippen molar-refractivity contribution in [2.45, 2.75) is 58.5 Å². The summed E-state index contributed by atoms with van der Waals surface area (Å²) in [7, 11) is 2.93. The number of benzene rings is 3. The highest BCUT2D eigenvalue weighted by Crippen LogP contribution is 2.48. The van der Waals surface area contributed by atoms with E-state index in [0.717, 1.165) is 42.4 Å². The monoisotopic (exact) mass is 546 g/mol. The number of halogens is 2. The highest BCUT2D eigenvalue weighted by atomic mass is 19.1. The van der Waals surface area contributed by atoms with Crippen molar-refractivity contribution in [3.63, 3.8) is 0 Å². The Morgan fingerprint density at radius 3 is 2.42 bits per heavy atom. The number of allylic oxidation sites excluding steroid dienone is 2. The molecule has 0 heterocycles. The third-order valence-corrected chi connectivity index (χ3v) is 8.27. The minimum atomic E-state index is -0.463. The van der Waals surface area contributed by atoms with Crippen molar-refractivity contribution in [3.05, 3.63) is 89.0 Å². The Bertz CT molecular complexity index is 1440. The predicted octanol–water partition coefficient (Wildman–Crippen LogP) is 8.48. The maximum absolute atomic E-state index is 15.6. The van der Waals surface area contributed by atoms with Crippen LogP contribution in [0.15, 0.2) is 60.7 Å². The van der Waals surface area contributed by atoms with Crippen LogP contribution in [0.2, 0.25) is 0 Å². The molecule has 2 aliphatic carbocycles. The van der Waals surface area contributed by atoms with Gasteiger partial charge in [0.2, 0.25) is 0 Å². The zero-order valence-corrected chi connectivity index (χ0v) is 23.6. The molecule has 210 valence electrons. The van der Waals surface area contributed by atoms with Gasteiger partial charge in [-0.1, -0.05) is 32.1 Å². The zero-order chi connectivity index (χ0) is 28.4. The molecule has 3 aromatic carbocycles. The van der Waals surface area contributed by atoms with Gasteiger partial charge in [-0.05, 0) is 108 Å². The largest absolute Gasteiger partial charge is 0.497 e. The van der Waals surface area contributed by atoms with Crippen LogP contribution >= 0.6 is 0 Å². The van der Waals surface area contributed by atoms with Crippen LogP contribution < -0.4 is 9.47 Å². The third-order valence-electron chi connectivity index (χ3n) is 8.27. The highest BCUT2D eigenvalue weighted by molar-refractivity contribution is 5.85. The van der Waals surface area contributed by atoms with Gasteiger partial charge in [0, 0.05) is 11.1 Å². The maximum Gasteiger partial charge on any atom is 0.306 e. The van der Waals surface area contributed by atoms with E-state index >= 15 is 8.78 Å². The SMILES string of the molecule is COC(=O)C[C@H](c1cccc(OCc2cc(C3=CCCC3(C)C)c(-c3cc(OC)ccc3F)cc2F)c1)C1CC1. The number of esters is 1. The van der Waals surface area contributed by atoms with E-state index < -0.39 is 11.6 Å². The summed E-state index contributed by atoms with van der Waals surface area (Å²) in [4.78, 5) is 12.0. The van der Waals surface area contributed by atoms with Gasteiger partial charge in [0.05, 0.1) is 20.6 Å². The first-order chi connectivity index (χ1) is 19.2. The molecule has 5 rings (SSSR count). The second-order valence-corrected chi connectivity index (χ2v) is 11.5. The van der Waals surface area contributed by atoms with Gasteiger partial charge in [-0.25, -0.2) is 8.78 Å². The smallest absolute Gasteiger partial charge is 0.306 e. The summed E-state index contributed by atoms with van der Waals surface area (Å²) in [5.74, 6) is 0.527. The number of methoxy groups -OCH3 is 2. The molecular weight excluding hydrogens is 510 g/mol. The van der Waals surface area contributed by atoms with Crippen LogP contribution in [0.4, 0.5) is 8.78 Å². The number of ether oxygens (including phenoxy) is 3. The average molecular weight is 547 g/mol. The van der Waals surface area contributed by atoms with E-state index in [9.17, 15) is 4.79 Å². The van der Waals surface area contributed by atoms with E-state index in [-0.39, 0.29) is 23.9 Å². The molecule has 1 saturated carbocycles. The minimum absolute atomic E-state index is 0.0158. The molecule has 2 aliphatic rings. The Morgan fingerprint density at radius 1 is 0.950 bits per heavy atom. The summed E-state index contributed by atoms with van der Waals surface area (Å²) in [5.41, 5.74) is 3.95. The van der Waals surface area contributed by atoms with Crippen molar-refractivity contribution in [2.75, 3.05) is 14.2 Å². The van der Waals surface area contributed by atoms with Crippen molar-refractivity contribution >= 4 is 11.5 Å². The lowest BCUT2D eigenvalue weighted by atomic mass is 9.79. The average Bonchev–Trinajstić information content (AvgIpc) is 3.73. The molecule has 40 heavy (non-hydrogen) atoms. The Kier molecular flexibility index (Phi) is 7.97. The van der Waals surface area contributed by atoms with Crippen LogP contribution in [0, 0.1) is 23.0 Å². The van der Waals surface area contributed by atoms with E-state index in [4.69, 9.17) is 14.2 Å². The van der Waals surface area contributed by atoms with Crippen LogP contribution in [0.5, 0.6) is 11.5 Å². The first-order valence-corrected chi connectivity index (χ1v) is 13.9. The van der Waals surface area contributed by atoms with E-state index in [2.05, 4.69) is 19.9 Å². The number of carbonyl (C=O) groups excluding carboxylic acids is 1. The van der Waals surface area contributed by atoms with Gasteiger partial charge in [-0.15, -0.1) is 0 Å². The van der Waals surface area contributed by atoms with Crippen LogP contribution in [0.25, 0.3) is 16.7 Å². The quantitative estimate of drug-likeness (QED) is 0.239. The van der Waals surface area contributed by atoms with Crippen LogP contribution in [-0.2, 0) is 16.1 Å². The molecule has 3 aromatic rings. The van der Waals surface area contributed by atoms with Crippen LogP contribution in [-0.4, -0.2) is 20.2 Å². The minimum Gasteiger partial charge on any atom is -0.497 e. The van der Waals surface area contributed by atoms with E-state index in [1.54, 1.807) is 18.2 Å². The van der Waals surface area contributed by atoms with Gasteiger partial charge in [-0.3, -0.25) is 4.79 Å². The summed E-state index contributed by atoms with van der Waals surface area (Å²) in [6.45, 7) is 4.34. The molecule has 0 radical (unpaired) electrons. The van der Waals surface area contributed by atoms with Crippen molar-refractivity contribution < 1.29 is 27.8 Å². The summed E-state index contributed by atoms with van der Waals surface area (Å²) >= 11 is 0. The third kappa shape index (κ3) is 5.91. The van der Waals surface area contributed by atoms with Crippen LogP contribution in [0.1, 0.15) is 68.6 Å². The fraction of sp³-hybridized carbons (Fsp3) is 0.382. The van der Waals surface area contributed by atoms with Gasteiger partial charge < -0.3 is 14.2 Å². The van der Waals surface area contributed by atoms with Gasteiger partial charge in [-0.2, -0.15) is 0 Å². The number of carbonyl (C=O) groups is 1. The van der Waals surface area contributed by atoms with Gasteiger partial charge >= 0.3 is 5.97 Å². The van der Waals surface area contributed by atoms with E-state index in [1.807, 2.05) is 24.3 Å². The zero-order valence-electron chi connectivity index (χ0n) is 23.6. The first kappa shape index (κ1) is 27.9. The van der Waals surface area contributed by atoms with Crippen molar-refractivity contribution in [3.8, 4) is 22.6 Å². The molecule has 1 atom stereocenters. The first-order valence-electron chi connectivity index (χ1n) is 13.9. The van der Waals surface area contributed by atoms with E-state index in [1.165, 1.54) is 26.4 Å². The fourth-order valence-corrected chi connectivity index (χ4v) is 5.79. The Labute approximate surface area is 235 Å². The maximum atomic E-state index is 15.6. The van der Waals surface area contributed by atoms with Crippen LogP contribution in [0.3, 0.4) is 0 Å². The van der Waals surface area contributed by atoms with Crippen molar-refractivity contribution in [1.29, 1.82) is 0 Å². The summed E-state index contributed by atoms with van der Waals surface area (Å²) in [6.07, 6.45) is 6.55. The van der Waals surface area contributed by atoms with E-state index in [0.29, 0.717) is 40.5 Å². The molecule has 6 heteroatoms. The lowest BCUT2D eigenvalue weighted by Crippen LogP contribution is -2.11. The second-order valence-electron chi connectivity index (χ2n) is 11.5. The Balaban J connectivity index is 1.47. The van der Waals surface area contributed by atoms with Gasteiger partial charge in [0.15, 0.2) is 0 Å². The summed E-state index contributed by atoms with van der Waals surface area (Å²) in [5, 5.41) is 0. The molecule has 0 N–H and O–H groups in total. The molecule has 0 saturated heterocycles. The molecule has 0 aromatic heterocycles. The summed E-state index contributed by atoms with van der Waals surface area (Å²) in [6, 6.07) is 15.4. The molecule has 0 aliphatic heterocycles.